The van der Waals surface area contributed by atoms with E-state index in [1.54, 1.807) is 12.3 Å². The van der Waals surface area contributed by atoms with Crippen molar-refractivity contribution in [1.82, 2.24) is 15.3 Å². The Balaban J connectivity index is 2.09. The number of hydrogen-bond donors (Lipinski definition) is 1. The van der Waals surface area contributed by atoms with E-state index in [1.807, 2.05) is 32.2 Å². The molecular formula is C15H14FN3O. The number of aryl methyl sites for hydroxylation is 1. The Morgan fingerprint density at radius 2 is 2.15 bits per heavy atom. The summed E-state index contributed by atoms with van der Waals surface area (Å²) in [5.74, 6) is 0.957. The van der Waals surface area contributed by atoms with Gasteiger partial charge in [-0.25, -0.2) is 14.4 Å². The summed E-state index contributed by atoms with van der Waals surface area (Å²) in [7, 11) is 1.81. The Kier molecular flexibility index (Phi) is 3.20. The first-order chi connectivity index (χ1) is 9.69. The largest absolute Gasteiger partial charge is 0.456 e. The first-order valence-corrected chi connectivity index (χ1v) is 6.34. The number of aromatic nitrogens is 2. The van der Waals surface area contributed by atoms with Gasteiger partial charge in [0.25, 0.3) is 0 Å². The molecule has 3 rings (SSSR count). The van der Waals surface area contributed by atoms with Gasteiger partial charge in [0, 0.05) is 11.6 Å². The van der Waals surface area contributed by atoms with Crippen LogP contribution in [0, 0.1) is 12.7 Å². The van der Waals surface area contributed by atoms with E-state index in [-0.39, 0.29) is 17.4 Å². The molecule has 4 nitrogen and oxygen atoms in total. The Morgan fingerprint density at radius 1 is 1.30 bits per heavy atom. The van der Waals surface area contributed by atoms with Gasteiger partial charge < -0.3 is 9.73 Å². The number of nitrogens with one attached hydrogen (secondary N) is 1. The molecule has 3 aromatic rings. The van der Waals surface area contributed by atoms with Gasteiger partial charge in [-0.1, -0.05) is 12.1 Å². The fraction of sp³-hybridized carbons (Fsp3) is 0.200. The minimum Gasteiger partial charge on any atom is -0.456 e. The number of para-hydroxylation sites is 1. The molecule has 5 heteroatoms. The molecule has 1 aromatic carbocycles. The molecule has 2 aromatic heterocycles. The smallest absolute Gasteiger partial charge is 0.169 e. The van der Waals surface area contributed by atoms with Crippen molar-refractivity contribution < 1.29 is 8.81 Å². The van der Waals surface area contributed by atoms with E-state index in [1.165, 1.54) is 6.07 Å². The van der Waals surface area contributed by atoms with Crippen molar-refractivity contribution in [3.05, 3.63) is 59.6 Å². The maximum atomic E-state index is 13.7. The monoisotopic (exact) mass is 271 g/mol. The molecule has 2 heterocycles. The molecule has 0 saturated heterocycles. The maximum absolute atomic E-state index is 13.7. The van der Waals surface area contributed by atoms with Crippen LogP contribution in [0.4, 0.5) is 4.39 Å². The van der Waals surface area contributed by atoms with Crippen LogP contribution in [0.3, 0.4) is 0 Å². The van der Waals surface area contributed by atoms with Crippen molar-refractivity contribution in [3.63, 3.8) is 0 Å². The molecule has 1 atom stereocenters. The number of nitrogens with zero attached hydrogens (tertiary/aromatic N) is 2. The SMILES string of the molecule is CNC(c1ccnc(C)n1)c1cc2cccc(F)c2o1. The highest BCUT2D eigenvalue weighted by Crippen LogP contribution is 2.28. The summed E-state index contributed by atoms with van der Waals surface area (Å²) < 4.78 is 19.3. The van der Waals surface area contributed by atoms with Crippen LogP contribution in [0.15, 0.2) is 40.9 Å². The van der Waals surface area contributed by atoms with E-state index in [0.29, 0.717) is 11.6 Å². The molecule has 0 bridgehead atoms. The lowest BCUT2D eigenvalue weighted by Crippen LogP contribution is -2.18. The molecule has 0 amide bonds. The standard InChI is InChI=1S/C15H14FN3O/c1-9-18-7-6-12(19-9)14(17-2)13-8-10-4-3-5-11(16)15(10)20-13/h3-8,14,17H,1-2H3. The highest BCUT2D eigenvalue weighted by Gasteiger charge is 2.19. The molecule has 1 N–H and O–H groups in total. The van der Waals surface area contributed by atoms with Gasteiger partial charge in [0.05, 0.1) is 5.69 Å². The number of rotatable bonds is 3. The molecule has 102 valence electrons. The van der Waals surface area contributed by atoms with E-state index < -0.39 is 0 Å². The minimum atomic E-state index is -0.359. The van der Waals surface area contributed by atoms with Crippen LogP contribution in [0.25, 0.3) is 11.0 Å². The summed E-state index contributed by atoms with van der Waals surface area (Å²) in [6.07, 6.45) is 1.70. The zero-order chi connectivity index (χ0) is 14.1. The summed E-state index contributed by atoms with van der Waals surface area (Å²) in [4.78, 5) is 8.46. The Labute approximate surface area is 115 Å². The molecule has 1 unspecified atom stereocenters. The molecule has 0 aliphatic carbocycles. The fourth-order valence-corrected chi connectivity index (χ4v) is 2.26. The van der Waals surface area contributed by atoms with Crippen molar-refractivity contribution in [2.75, 3.05) is 7.05 Å². The highest BCUT2D eigenvalue weighted by atomic mass is 19.1. The molecule has 0 aliphatic heterocycles. The minimum absolute atomic E-state index is 0.233. The average Bonchev–Trinajstić information content (AvgIpc) is 2.85. The van der Waals surface area contributed by atoms with Gasteiger partial charge in [-0.2, -0.15) is 0 Å². The number of halogens is 1. The van der Waals surface area contributed by atoms with Gasteiger partial charge >= 0.3 is 0 Å². The second kappa shape index (κ2) is 5.02. The summed E-state index contributed by atoms with van der Waals surface area (Å²) in [6, 6.07) is 8.29. The van der Waals surface area contributed by atoms with Crippen LogP contribution in [0.5, 0.6) is 0 Å². The van der Waals surface area contributed by atoms with Crippen LogP contribution in [-0.4, -0.2) is 17.0 Å². The van der Waals surface area contributed by atoms with Crippen LogP contribution in [-0.2, 0) is 0 Å². The van der Waals surface area contributed by atoms with E-state index in [2.05, 4.69) is 15.3 Å². The van der Waals surface area contributed by atoms with Crippen molar-refractivity contribution in [3.8, 4) is 0 Å². The molecule has 0 saturated carbocycles. The summed E-state index contributed by atoms with van der Waals surface area (Å²) in [5, 5.41) is 3.88. The molecule has 0 radical (unpaired) electrons. The molecule has 0 fully saturated rings. The van der Waals surface area contributed by atoms with E-state index in [0.717, 1.165) is 11.1 Å². The van der Waals surface area contributed by atoms with Crippen LogP contribution in [0.1, 0.15) is 23.3 Å². The fourth-order valence-electron chi connectivity index (χ4n) is 2.26. The summed E-state index contributed by atoms with van der Waals surface area (Å²) in [6.45, 7) is 1.83. The first kappa shape index (κ1) is 12.7. The lowest BCUT2D eigenvalue weighted by atomic mass is 10.1. The molecule has 0 spiro atoms. The predicted octanol–water partition coefficient (Wildman–Crippen LogP) is 2.98. The Hall–Kier alpha value is -2.27. The van der Waals surface area contributed by atoms with Gasteiger partial charge in [-0.3, -0.25) is 0 Å². The van der Waals surface area contributed by atoms with Gasteiger partial charge in [0.1, 0.15) is 17.6 Å². The summed E-state index contributed by atoms with van der Waals surface area (Å²) in [5.41, 5.74) is 1.06. The number of hydrogen-bond acceptors (Lipinski definition) is 4. The third-order valence-corrected chi connectivity index (χ3v) is 3.18. The van der Waals surface area contributed by atoms with E-state index in [4.69, 9.17) is 4.42 Å². The molecule has 0 aliphatic rings. The van der Waals surface area contributed by atoms with Crippen LogP contribution >= 0.6 is 0 Å². The van der Waals surface area contributed by atoms with Crippen molar-refractivity contribution in [2.45, 2.75) is 13.0 Å². The number of furan rings is 1. The molecular weight excluding hydrogens is 257 g/mol. The van der Waals surface area contributed by atoms with Gasteiger partial charge in [-0.15, -0.1) is 0 Å². The number of benzene rings is 1. The lowest BCUT2D eigenvalue weighted by Gasteiger charge is -2.12. The van der Waals surface area contributed by atoms with Crippen molar-refractivity contribution in [2.24, 2.45) is 0 Å². The number of fused-ring (bicyclic) bond motifs is 1. The van der Waals surface area contributed by atoms with E-state index >= 15 is 0 Å². The van der Waals surface area contributed by atoms with Gasteiger partial charge in [0.15, 0.2) is 11.4 Å². The normalized spacial score (nSPS) is 12.8. The average molecular weight is 271 g/mol. The molecule has 20 heavy (non-hydrogen) atoms. The van der Waals surface area contributed by atoms with Gasteiger partial charge in [0.2, 0.25) is 0 Å². The quantitative estimate of drug-likeness (QED) is 0.795. The summed E-state index contributed by atoms with van der Waals surface area (Å²) >= 11 is 0. The second-order valence-electron chi connectivity index (χ2n) is 4.56. The van der Waals surface area contributed by atoms with Crippen LogP contribution < -0.4 is 5.32 Å². The predicted molar refractivity (Wildman–Crippen MR) is 73.8 cm³/mol. The maximum Gasteiger partial charge on any atom is 0.169 e. The zero-order valence-electron chi connectivity index (χ0n) is 11.2. The second-order valence-corrected chi connectivity index (χ2v) is 4.56. The highest BCUT2D eigenvalue weighted by molar-refractivity contribution is 5.78. The van der Waals surface area contributed by atoms with Crippen molar-refractivity contribution in [1.29, 1.82) is 0 Å². The first-order valence-electron chi connectivity index (χ1n) is 6.34. The van der Waals surface area contributed by atoms with Crippen LogP contribution in [0.2, 0.25) is 0 Å². The third kappa shape index (κ3) is 2.16. The Bertz CT molecular complexity index is 754. The Morgan fingerprint density at radius 3 is 2.85 bits per heavy atom. The van der Waals surface area contributed by atoms with E-state index in [9.17, 15) is 4.39 Å². The van der Waals surface area contributed by atoms with Gasteiger partial charge in [-0.05, 0) is 32.2 Å². The lowest BCUT2D eigenvalue weighted by molar-refractivity contribution is 0.471. The zero-order valence-corrected chi connectivity index (χ0v) is 11.2. The third-order valence-electron chi connectivity index (χ3n) is 3.18. The van der Waals surface area contributed by atoms with Crippen molar-refractivity contribution >= 4 is 11.0 Å². The topological polar surface area (TPSA) is 51.0 Å².